The number of carbonyl (C=O) groups is 4. The number of rotatable bonds is 8. The molecule has 3 aliphatic rings. The third kappa shape index (κ3) is 3.98. The largest absolute Gasteiger partial charge is 0.381 e. The van der Waals surface area contributed by atoms with Crippen molar-refractivity contribution in [3.63, 3.8) is 0 Å². The molecule has 4 unspecified atom stereocenters. The highest BCUT2D eigenvalue weighted by Gasteiger charge is 2.51. The fraction of sp³-hybridized carbons (Fsp3) is 0.800. The quantitative estimate of drug-likeness (QED) is 0.573. The highest BCUT2D eigenvalue weighted by atomic mass is 16.5. The van der Waals surface area contributed by atoms with Gasteiger partial charge in [-0.05, 0) is 26.7 Å². The smallest absolute Gasteiger partial charge is 0.235 e. The Morgan fingerprint density at radius 3 is 1.50 bits per heavy atom. The summed E-state index contributed by atoms with van der Waals surface area (Å²) in [6.45, 7) is 5.13. The van der Waals surface area contributed by atoms with Gasteiger partial charge in [0.15, 0.2) is 0 Å². The van der Waals surface area contributed by atoms with E-state index >= 15 is 0 Å². The van der Waals surface area contributed by atoms with Crippen LogP contribution in [0.1, 0.15) is 52.4 Å². The van der Waals surface area contributed by atoms with Crippen molar-refractivity contribution in [3.05, 3.63) is 0 Å². The summed E-state index contributed by atoms with van der Waals surface area (Å²) in [5.41, 5.74) is 0. The number of likely N-dealkylation sites (tertiary alicyclic amines) is 2. The maximum absolute atomic E-state index is 12.9. The molecule has 2 aliphatic heterocycles. The molecule has 3 fully saturated rings. The molecule has 8 nitrogen and oxygen atoms in total. The van der Waals surface area contributed by atoms with Crippen molar-refractivity contribution >= 4 is 23.6 Å². The minimum Gasteiger partial charge on any atom is -0.381 e. The Bertz CT molecular complexity index is 582. The monoisotopic (exact) mass is 394 g/mol. The summed E-state index contributed by atoms with van der Waals surface area (Å²) in [5.74, 6) is -1.86. The van der Waals surface area contributed by atoms with Crippen molar-refractivity contribution < 1.29 is 28.7 Å². The van der Waals surface area contributed by atoms with Crippen molar-refractivity contribution in [3.8, 4) is 0 Å². The van der Waals surface area contributed by atoms with E-state index in [1.807, 2.05) is 13.8 Å². The van der Waals surface area contributed by atoms with Gasteiger partial charge < -0.3 is 9.47 Å². The first-order chi connectivity index (χ1) is 13.5. The predicted molar refractivity (Wildman–Crippen MR) is 99.0 cm³/mol. The zero-order valence-corrected chi connectivity index (χ0v) is 16.7. The molecular weight excluding hydrogens is 364 g/mol. The molecule has 1 saturated carbocycles. The number of hydrogen-bond acceptors (Lipinski definition) is 6. The zero-order chi connectivity index (χ0) is 20.3. The van der Waals surface area contributed by atoms with Crippen molar-refractivity contribution in [1.29, 1.82) is 0 Å². The van der Waals surface area contributed by atoms with Gasteiger partial charge >= 0.3 is 0 Å². The van der Waals surface area contributed by atoms with E-state index in [1.54, 1.807) is 0 Å². The molecule has 3 rings (SSSR count). The molecule has 0 aromatic carbocycles. The van der Waals surface area contributed by atoms with Gasteiger partial charge in [0, 0.05) is 26.1 Å². The van der Waals surface area contributed by atoms with E-state index in [-0.39, 0.29) is 49.7 Å². The fourth-order valence-corrected chi connectivity index (χ4v) is 4.60. The summed E-state index contributed by atoms with van der Waals surface area (Å²) >= 11 is 0. The molecule has 0 radical (unpaired) electrons. The number of carbonyl (C=O) groups excluding carboxylic acids is 4. The van der Waals surface area contributed by atoms with Crippen molar-refractivity contribution in [2.75, 3.05) is 26.4 Å². The van der Waals surface area contributed by atoms with Crippen molar-refractivity contribution in [1.82, 2.24) is 9.80 Å². The van der Waals surface area contributed by atoms with E-state index in [2.05, 4.69) is 0 Å². The molecule has 2 saturated heterocycles. The molecule has 0 bridgehead atoms. The molecule has 8 heteroatoms. The summed E-state index contributed by atoms with van der Waals surface area (Å²) in [5, 5.41) is 0. The summed E-state index contributed by atoms with van der Waals surface area (Å²) in [4.78, 5) is 53.6. The van der Waals surface area contributed by atoms with Crippen LogP contribution in [0.15, 0.2) is 0 Å². The van der Waals surface area contributed by atoms with Gasteiger partial charge in [-0.25, -0.2) is 0 Å². The van der Waals surface area contributed by atoms with Crippen LogP contribution in [0.4, 0.5) is 0 Å². The van der Waals surface area contributed by atoms with Crippen LogP contribution in [-0.4, -0.2) is 71.9 Å². The first kappa shape index (κ1) is 20.9. The molecule has 2 heterocycles. The number of hydrogen-bond donors (Lipinski definition) is 0. The second-order valence-corrected chi connectivity index (χ2v) is 7.74. The molecular formula is C20H30N2O6. The van der Waals surface area contributed by atoms with Crippen LogP contribution < -0.4 is 0 Å². The van der Waals surface area contributed by atoms with Gasteiger partial charge in [0.2, 0.25) is 23.6 Å². The van der Waals surface area contributed by atoms with Crippen LogP contribution >= 0.6 is 0 Å². The number of ether oxygens (including phenoxy) is 2. The summed E-state index contributed by atoms with van der Waals surface area (Å²) in [7, 11) is 0. The van der Waals surface area contributed by atoms with Crippen LogP contribution in [-0.2, 0) is 28.7 Å². The van der Waals surface area contributed by atoms with Gasteiger partial charge in [-0.1, -0.05) is 12.8 Å². The lowest BCUT2D eigenvalue weighted by Crippen LogP contribution is -2.57. The predicted octanol–water partition coefficient (Wildman–Crippen LogP) is 1.12. The average molecular weight is 394 g/mol. The van der Waals surface area contributed by atoms with E-state index in [0.29, 0.717) is 26.1 Å². The summed E-state index contributed by atoms with van der Waals surface area (Å²) in [6, 6.07) is -0.863. The molecule has 4 amide bonds. The lowest BCUT2D eigenvalue weighted by atomic mass is 9.88. The third-order valence-corrected chi connectivity index (χ3v) is 5.96. The van der Waals surface area contributed by atoms with E-state index in [9.17, 15) is 19.2 Å². The highest BCUT2D eigenvalue weighted by Crippen LogP contribution is 2.35. The maximum atomic E-state index is 12.9. The Kier molecular flexibility index (Phi) is 6.82. The normalized spacial score (nSPS) is 31.4. The van der Waals surface area contributed by atoms with Gasteiger partial charge in [-0.2, -0.15) is 0 Å². The molecule has 0 N–H and O–H groups in total. The second-order valence-electron chi connectivity index (χ2n) is 7.74. The van der Waals surface area contributed by atoms with Gasteiger partial charge in [0.1, 0.15) is 0 Å². The molecule has 28 heavy (non-hydrogen) atoms. The van der Waals surface area contributed by atoms with Crippen LogP contribution in [0.2, 0.25) is 0 Å². The Balaban J connectivity index is 1.77. The van der Waals surface area contributed by atoms with Crippen LogP contribution in [0, 0.1) is 11.8 Å². The lowest BCUT2D eigenvalue weighted by molar-refractivity contribution is -0.153. The molecule has 0 aromatic rings. The van der Waals surface area contributed by atoms with Crippen LogP contribution in [0.5, 0.6) is 0 Å². The second kappa shape index (κ2) is 9.13. The summed E-state index contributed by atoms with van der Waals surface area (Å²) in [6.07, 6.45) is 3.25. The van der Waals surface area contributed by atoms with Crippen LogP contribution in [0.3, 0.4) is 0 Å². The summed E-state index contributed by atoms with van der Waals surface area (Å²) < 4.78 is 10.7. The average Bonchev–Trinajstić information content (AvgIpc) is 3.12. The van der Waals surface area contributed by atoms with E-state index in [1.165, 1.54) is 9.80 Å². The Morgan fingerprint density at radius 1 is 0.750 bits per heavy atom. The number of amides is 4. The Morgan fingerprint density at radius 2 is 1.14 bits per heavy atom. The number of imide groups is 2. The van der Waals surface area contributed by atoms with Crippen LogP contribution in [0.25, 0.3) is 0 Å². The van der Waals surface area contributed by atoms with E-state index in [4.69, 9.17) is 9.47 Å². The van der Waals surface area contributed by atoms with Crippen molar-refractivity contribution in [2.24, 2.45) is 11.8 Å². The topological polar surface area (TPSA) is 93.2 Å². The highest BCUT2D eigenvalue weighted by molar-refractivity contribution is 6.05. The van der Waals surface area contributed by atoms with E-state index < -0.39 is 23.9 Å². The maximum Gasteiger partial charge on any atom is 0.235 e. The third-order valence-electron chi connectivity index (χ3n) is 5.96. The standard InChI is InChI=1S/C20H30N2O6/c1-3-27-11-13-9-17(23)21(19(13)25)15-7-5-6-8-16(15)22-18(24)10-14(20(22)26)12-28-4-2/h13-16H,3-12H2,1-2H3. The molecule has 0 aromatic heterocycles. The molecule has 1 aliphatic carbocycles. The zero-order valence-electron chi connectivity index (χ0n) is 16.7. The van der Waals surface area contributed by atoms with E-state index in [0.717, 1.165) is 12.8 Å². The number of nitrogens with zero attached hydrogens (tertiary/aromatic N) is 2. The Labute approximate surface area is 165 Å². The minimum atomic E-state index is -0.467. The molecule has 156 valence electrons. The van der Waals surface area contributed by atoms with Crippen molar-refractivity contribution in [2.45, 2.75) is 64.5 Å². The molecule has 0 spiro atoms. The van der Waals surface area contributed by atoms with Gasteiger partial charge in [-0.3, -0.25) is 29.0 Å². The lowest BCUT2D eigenvalue weighted by Gasteiger charge is -2.40. The Hall–Kier alpha value is -1.80. The van der Waals surface area contributed by atoms with Gasteiger partial charge in [-0.15, -0.1) is 0 Å². The first-order valence-electron chi connectivity index (χ1n) is 10.4. The fourth-order valence-electron chi connectivity index (χ4n) is 4.60. The first-order valence-corrected chi connectivity index (χ1v) is 10.4. The minimum absolute atomic E-state index is 0.136. The van der Waals surface area contributed by atoms with Gasteiger partial charge in [0.05, 0.1) is 37.1 Å². The van der Waals surface area contributed by atoms with Gasteiger partial charge in [0.25, 0.3) is 0 Å². The molecule has 4 atom stereocenters. The SMILES string of the molecule is CCOCC1CC(=O)N(C2CCCCC2N2C(=O)CC(COCC)C2=O)C1=O.